The number of urea groups is 1. The summed E-state index contributed by atoms with van der Waals surface area (Å²) in [6, 6.07) is 10.5. The molecule has 25 heavy (non-hydrogen) atoms. The number of nitrogens with zero attached hydrogens (tertiary/aromatic N) is 1. The van der Waals surface area contributed by atoms with Crippen LogP contribution < -0.4 is 11.1 Å². The molecule has 6 nitrogen and oxygen atoms in total. The zero-order chi connectivity index (χ0) is 17.6. The Morgan fingerprint density at radius 3 is 2.48 bits per heavy atom. The van der Waals surface area contributed by atoms with Crippen molar-refractivity contribution in [3.8, 4) is 0 Å². The zero-order valence-corrected chi connectivity index (χ0v) is 14.5. The van der Waals surface area contributed by atoms with E-state index in [9.17, 15) is 9.59 Å². The fraction of sp³-hybridized carbons (Fsp3) is 0.579. The van der Waals surface area contributed by atoms with Gasteiger partial charge < -0.3 is 20.7 Å². The molecule has 2 aliphatic heterocycles. The molecule has 2 aliphatic rings. The second-order valence-corrected chi connectivity index (χ2v) is 7.03. The fourth-order valence-electron chi connectivity index (χ4n) is 3.67. The number of nitrogens with one attached hydrogen (secondary N) is 1. The molecular formula is C19H27N3O3. The number of amides is 3. The van der Waals surface area contributed by atoms with Crippen molar-refractivity contribution in [1.29, 1.82) is 0 Å². The van der Waals surface area contributed by atoms with Gasteiger partial charge in [-0.25, -0.2) is 4.79 Å². The molecule has 3 amide bonds. The van der Waals surface area contributed by atoms with Crippen LogP contribution in [0.1, 0.15) is 31.2 Å². The summed E-state index contributed by atoms with van der Waals surface area (Å²) < 4.78 is 5.54. The van der Waals surface area contributed by atoms with Gasteiger partial charge in [-0.3, -0.25) is 4.79 Å². The van der Waals surface area contributed by atoms with E-state index in [1.54, 1.807) is 0 Å². The zero-order valence-electron chi connectivity index (χ0n) is 14.5. The first kappa shape index (κ1) is 17.7. The number of piperidine rings is 1. The fourth-order valence-corrected chi connectivity index (χ4v) is 3.67. The highest BCUT2D eigenvalue weighted by atomic mass is 16.5. The van der Waals surface area contributed by atoms with Gasteiger partial charge in [-0.2, -0.15) is 0 Å². The van der Waals surface area contributed by atoms with Crippen LogP contribution in [0.4, 0.5) is 4.79 Å². The van der Waals surface area contributed by atoms with Crippen LogP contribution in [-0.4, -0.2) is 48.7 Å². The third kappa shape index (κ3) is 4.95. The highest BCUT2D eigenvalue weighted by Crippen LogP contribution is 2.22. The Hall–Kier alpha value is -2.08. The molecule has 0 unspecified atom stereocenters. The van der Waals surface area contributed by atoms with Crippen molar-refractivity contribution in [2.75, 3.05) is 19.6 Å². The molecule has 0 radical (unpaired) electrons. The average Bonchev–Trinajstić information content (AvgIpc) is 3.11. The summed E-state index contributed by atoms with van der Waals surface area (Å²) in [6.45, 7) is 2.02. The second-order valence-electron chi connectivity index (χ2n) is 7.03. The van der Waals surface area contributed by atoms with E-state index in [1.807, 2.05) is 11.0 Å². The molecule has 0 bridgehead atoms. The molecule has 2 heterocycles. The summed E-state index contributed by atoms with van der Waals surface area (Å²) in [7, 11) is 0. The van der Waals surface area contributed by atoms with Crippen molar-refractivity contribution in [1.82, 2.24) is 10.2 Å². The standard InChI is InChI=1S/C19H27N3O3/c20-18(23)17-7-6-16(25-17)13-21-19(24)22-10-8-15(9-11-22)12-14-4-2-1-3-5-14/h1-5,15-17H,6-13H2,(H2,20,23)(H,21,24)/t16-,17+/m0/s1. The molecule has 0 saturated carbocycles. The maximum atomic E-state index is 12.3. The van der Waals surface area contributed by atoms with Gasteiger partial charge in [0.05, 0.1) is 6.10 Å². The number of benzene rings is 1. The smallest absolute Gasteiger partial charge is 0.317 e. The van der Waals surface area contributed by atoms with Gasteiger partial charge in [0.15, 0.2) is 0 Å². The number of hydrogen-bond donors (Lipinski definition) is 2. The van der Waals surface area contributed by atoms with Gasteiger partial charge in [-0.15, -0.1) is 0 Å². The van der Waals surface area contributed by atoms with Crippen molar-refractivity contribution in [3.05, 3.63) is 35.9 Å². The topological polar surface area (TPSA) is 84.7 Å². The summed E-state index contributed by atoms with van der Waals surface area (Å²) >= 11 is 0. The van der Waals surface area contributed by atoms with Crippen LogP contribution in [0.25, 0.3) is 0 Å². The van der Waals surface area contributed by atoms with E-state index in [0.717, 1.165) is 38.8 Å². The molecule has 6 heteroatoms. The van der Waals surface area contributed by atoms with Crippen LogP contribution in [0.2, 0.25) is 0 Å². The minimum Gasteiger partial charge on any atom is -0.367 e. The van der Waals surface area contributed by atoms with Gasteiger partial charge in [0.1, 0.15) is 6.10 Å². The summed E-state index contributed by atoms with van der Waals surface area (Å²) in [6.07, 6.45) is 3.93. The number of carbonyl (C=O) groups excluding carboxylic acids is 2. The number of nitrogens with two attached hydrogens (primary N) is 1. The molecule has 2 fully saturated rings. The lowest BCUT2D eigenvalue weighted by Gasteiger charge is -2.32. The summed E-state index contributed by atoms with van der Waals surface area (Å²) in [5.41, 5.74) is 6.61. The molecule has 2 atom stereocenters. The highest BCUT2D eigenvalue weighted by Gasteiger charge is 2.30. The predicted molar refractivity (Wildman–Crippen MR) is 94.9 cm³/mol. The Bertz CT molecular complexity index is 585. The highest BCUT2D eigenvalue weighted by molar-refractivity contribution is 5.79. The van der Waals surface area contributed by atoms with Gasteiger partial charge >= 0.3 is 6.03 Å². The van der Waals surface area contributed by atoms with Crippen molar-refractivity contribution < 1.29 is 14.3 Å². The van der Waals surface area contributed by atoms with Crippen molar-refractivity contribution in [2.24, 2.45) is 11.7 Å². The van der Waals surface area contributed by atoms with E-state index in [2.05, 4.69) is 29.6 Å². The number of primary amides is 1. The van der Waals surface area contributed by atoms with Crippen LogP contribution in [0.5, 0.6) is 0 Å². The molecular weight excluding hydrogens is 318 g/mol. The number of likely N-dealkylation sites (tertiary alicyclic amines) is 1. The average molecular weight is 345 g/mol. The van der Waals surface area contributed by atoms with E-state index in [1.165, 1.54) is 5.56 Å². The first-order chi connectivity index (χ1) is 12.1. The Kier molecular flexibility index (Phi) is 5.91. The third-order valence-electron chi connectivity index (χ3n) is 5.17. The first-order valence-electron chi connectivity index (χ1n) is 9.13. The largest absolute Gasteiger partial charge is 0.367 e. The quantitative estimate of drug-likeness (QED) is 0.851. The summed E-state index contributed by atoms with van der Waals surface area (Å²) in [4.78, 5) is 25.3. The summed E-state index contributed by atoms with van der Waals surface area (Å²) in [5, 5.41) is 2.93. The number of rotatable bonds is 5. The van der Waals surface area contributed by atoms with Gasteiger partial charge in [0.25, 0.3) is 0 Å². The molecule has 1 aromatic rings. The predicted octanol–water partition coefficient (Wildman–Crippen LogP) is 1.68. The molecule has 1 aromatic carbocycles. The van der Waals surface area contributed by atoms with E-state index in [4.69, 9.17) is 10.5 Å². The van der Waals surface area contributed by atoms with Gasteiger partial charge in [-0.05, 0) is 43.6 Å². The number of ether oxygens (including phenoxy) is 1. The minimum absolute atomic E-state index is 0.0377. The Morgan fingerprint density at radius 1 is 1.12 bits per heavy atom. The van der Waals surface area contributed by atoms with Gasteiger partial charge in [-0.1, -0.05) is 30.3 Å². The molecule has 0 aromatic heterocycles. The van der Waals surface area contributed by atoms with Crippen molar-refractivity contribution in [3.63, 3.8) is 0 Å². The SMILES string of the molecule is NC(=O)[C@H]1CC[C@@H](CNC(=O)N2CCC(Cc3ccccc3)CC2)O1. The summed E-state index contributed by atoms with van der Waals surface area (Å²) in [5.74, 6) is 0.218. The first-order valence-corrected chi connectivity index (χ1v) is 9.13. The monoisotopic (exact) mass is 345 g/mol. The maximum absolute atomic E-state index is 12.3. The normalized spacial score (nSPS) is 24.2. The molecule has 3 N–H and O–H groups in total. The van der Waals surface area contributed by atoms with E-state index >= 15 is 0 Å². The molecule has 0 spiro atoms. The second kappa shape index (κ2) is 8.34. The van der Waals surface area contributed by atoms with E-state index in [0.29, 0.717) is 18.9 Å². The molecule has 3 rings (SSSR count). The molecule has 136 valence electrons. The van der Waals surface area contributed by atoms with Crippen LogP contribution in [0, 0.1) is 5.92 Å². The maximum Gasteiger partial charge on any atom is 0.317 e. The van der Waals surface area contributed by atoms with E-state index < -0.39 is 12.0 Å². The van der Waals surface area contributed by atoms with Crippen LogP contribution in [0.15, 0.2) is 30.3 Å². The lowest BCUT2D eigenvalue weighted by Crippen LogP contribution is -2.46. The number of carbonyl (C=O) groups is 2. The Labute approximate surface area is 148 Å². The van der Waals surface area contributed by atoms with Crippen molar-refractivity contribution in [2.45, 2.75) is 44.3 Å². The molecule has 2 saturated heterocycles. The third-order valence-corrected chi connectivity index (χ3v) is 5.17. The van der Waals surface area contributed by atoms with Gasteiger partial charge in [0.2, 0.25) is 5.91 Å². The lowest BCUT2D eigenvalue weighted by molar-refractivity contribution is -0.128. The van der Waals surface area contributed by atoms with Crippen LogP contribution in [0.3, 0.4) is 0 Å². The lowest BCUT2D eigenvalue weighted by atomic mass is 9.90. The van der Waals surface area contributed by atoms with Crippen molar-refractivity contribution >= 4 is 11.9 Å². The van der Waals surface area contributed by atoms with Crippen LogP contribution in [-0.2, 0) is 16.0 Å². The Balaban J connectivity index is 1.36. The van der Waals surface area contributed by atoms with E-state index in [-0.39, 0.29) is 12.1 Å². The minimum atomic E-state index is -0.504. The van der Waals surface area contributed by atoms with Crippen LogP contribution >= 0.6 is 0 Å². The molecule has 0 aliphatic carbocycles. The number of hydrogen-bond acceptors (Lipinski definition) is 3. The van der Waals surface area contributed by atoms with Gasteiger partial charge in [0, 0.05) is 19.6 Å². The Morgan fingerprint density at radius 2 is 1.84 bits per heavy atom.